The molecule has 0 bridgehead atoms. The summed E-state index contributed by atoms with van der Waals surface area (Å²) in [4.78, 5) is 11.5. The molecule has 1 N–H and O–H groups in total. The molecule has 1 aromatic carbocycles. The maximum atomic E-state index is 13.1. The van der Waals surface area contributed by atoms with E-state index in [2.05, 4.69) is 25.2 Å². The fourth-order valence-electron chi connectivity index (χ4n) is 3.90. The zero-order valence-electron chi connectivity index (χ0n) is 15.1. The summed E-state index contributed by atoms with van der Waals surface area (Å²) < 4.78 is 29.4. The molecular formula is C18H27N3O3S. The van der Waals surface area contributed by atoms with Crippen molar-refractivity contribution in [3.63, 3.8) is 0 Å². The van der Waals surface area contributed by atoms with E-state index in [1.165, 1.54) is 12.5 Å². The van der Waals surface area contributed by atoms with Crippen molar-refractivity contribution in [2.75, 3.05) is 19.6 Å². The zero-order chi connectivity index (χ0) is 18.2. The van der Waals surface area contributed by atoms with Crippen LogP contribution in [0.4, 0.5) is 0 Å². The summed E-state index contributed by atoms with van der Waals surface area (Å²) in [7, 11) is -3.52. The van der Waals surface area contributed by atoms with Crippen molar-refractivity contribution in [2.24, 2.45) is 11.8 Å². The summed E-state index contributed by atoms with van der Waals surface area (Å²) in [5.74, 6) is 0.330. The average molecular weight is 365 g/mol. The number of hydrogen-bond donors (Lipinski definition) is 1. The molecule has 1 fully saturated rings. The SMILES string of the molecule is CC(=O)N[C@@H]1CN(S(=O)(=O)N2CCc3ccccc3C2)C[C@H]1C(C)C. The molecule has 0 aromatic heterocycles. The van der Waals surface area contributed by atoms with E-state index in [-0.39, 0.29) is 17.9 Å². The Balaban J connectivity index is 1.78. The number of hydrogen-bond acceptors (Lipinski definition) is 3. The predicted molar refractivity (Wildman–Crippen MR) is 97.0 cm³/mol. The second-order valence-electron chi connectivity index (χ2n) is 7.39. The maximum Gasteiger partial charge on any atom is 0.282 e. The van der Waals surface area contributed by atoms with Crippen LogP contribution in [-0.2, 0) is 28.0 Å². The number of benzene rings is 1. The highest BCUT2D eigenvalue weighted by atomic mass is 32.2. The van der Waals surface area contributed by atoms with Crippen LogP contribution in [0, 0.1) is 11.8 Å². The van der Waals surface area contributed by atoms with Gasteiger partial charge in [-0.15, -0.1) is 0 Å². The lowest BCUT2D eigenvalue weighted by Gasteiger charge is -2.31. The molecular weight excluding hydrogens is 338 g/mol. The molecule has 3 rings (SSSR count). The number of fused-ring (bicyclic) bond motifs is 1. The lowest BCUT2D eigenvalue weighted by molar-refractivity contribution is -0.119. The molecule has 2 aliphatic heterocycles. The van der Waals surface area contributed by atoms with Crippen LogP contribution in [0.1, 0.15) is 31.9 Å². The minimum atomic E-state index is -3.52. The van der Waals surface area contributed by atoms with Gasteiger partial charge in [-0.05, 0) is 29.4 Å². The second-order valence-corrected chi connectivity index (χ2v) is 9.32. The third kappa shape index (κ3) is 3.73. The highest BCUT2D eigenvalue weighted by Gasteiger charge is 2.43. The van der Waals surface area contributed by atoms with E-state index >= 15 is 0 Å². The smallest absolute Gasteiger partial charge is 0.282 e. The van der Waals surface area contributed by atoms with E-state index in [1.807, 2.05) is 18.2 Å². The molecule has 0 saturated carbocycles. The Morgan fingerprint density at radius 2 is 1.84 bits per heavy atom. The van der Waals surface area contributed by atoms with Crippen LogP contribution in [-0.4, -0.2) is 48.6 Å². The number of carbonyl (C=O) groups is 1. The van der Waals surface area contributed by atoms with Gasteiger partial charge >= 0.3 is 0 Å². The summed E-state index contributed by atoms with van der Waals surface area (Å²) in [5.41, 5.74) is 2.31. The van der Waals surface area contributed by atoms with Gasteiger partial charge in [0, 0.05) is 39.1 Å². The first kappa shape index (κ1) is 18.4. The lowest BCUT2D eigenvalue weighted by atomic mass is 9.91. The minimum Gasteiger partial charge on any atom is -0.352 e. The van der Waals surface area contributed by atoms with Gasteiger partial charge in [0.2, 0.25) is 5.91 Å². The Bertz CT molecular complexity index is 748. The molecule has 1 amide bonds. The topological polar surface area (TPSA) is 69.7 Å². The molecule has 7 heteroatoms. The highest BCUT2D eigenvalue weighted by Crippen LogP contribution is 2.30. The van der Waals surface area contributed by atoms with E-state index in [9.17, 15) is 13.2 Å². The van der Waals surface area contributed by atoms with Crippen molar-refractivity contribution in [2.45, 2.75) is 39.8 Å². The van der Waals surface area contributed by atoms with Crippen LogP contribution in [0.25, 0.3) is 0 Å². The van der Waals surface area contributed by atoms with Gasteiger partial charge in [-0.3, -0.25) is 4.79 Å². The third-order valence-corrected chi connectivity index (χ3v) is 7.24. The molecule has 25 heavy (non-hydrogen) atoms. The molecule has 6 nitrogen and oxygen atoms in total. The largest absolute Gasteiger partial charge is 0.352 e. The number of carbonyl (C=O) groups excluding carboxylic acids is 1. The molecule has 0 unspecified atom stereocenters. The maximum absolute atomic E-state index is 13.1. The van der Waals surface area contributed by atoms with Gasteiger partial charge in [-0.1, -0.05) is 38.1 Å². The Morgan fingerprint density at radius 1 is 1.16 bits per heavy atom. The van der Waals surface area contributed by atoms with Crippen molar-refractivity contribution in [3.8, 4) is 0 Å². The Labute approximate surface area is 150 Å². The first-order valence-electron chi connectivity index (χ1n) is 8.88. The van der Waals surface area contributed by atoms with Crippen molar-refractivity contribution < 1.29 is 13.2 Å². The summed E-state index contributed by atoms with van der Waals surface area (Å²) >= 11 is 0. The normalized spacial score (nSPS) is 25.1. The standard InChI is InChI=1S/C18H27N3O3S/c1-13(2)17-11-21(12-18(17)19-14(3)22)25(23,24)20-9-8-15-6-4-5-7-16(15)10-20/h4-7,13,17-18H,8-12H2,1-3H3,(H,19,22)/t17-,18+/m0/s1. The quantitative estimate of drug-likeness (QED) is 0.876. The van der Waals surface area contributed by atoms with Gasteiger partial charge in [0.25, 0.3) is 10.2 Å². The van der Waals surface area contributed by atoms with E-state index in [0.29, 0.717) is 32.1 Å². The summed E-state index contributed by atoms with van der Waals surface area (Å²) in [6.45, 7) is 7.38. The predicted octanol–water partition coefficient (Wildman–Crippen LogP) is 1.38. The summed E-state index contributed by atoms with van der Waals surface area (Å²) in [6.07, 6.45) is 0.742. The van der Waals surface area contributed by atoms with Crippen LogP contribution in [0.3, 0.4) is 0 Å². The molecule has 2 atom stereocenters. The van der Waals surface area contributed by atoms with Gasteiger partial charge in [-0.2, -0.15) is 17.0 Å². The van der Waals surface area contributed by atoms with Crippen LogP contribution in [0.5, 0.6) is 0 Å². The van der Waals surface area contributed by atoms with Crippen molar-refractivity contribution >= 4 is 16.1 Å². The Kier molecular flexibility index (Phi) is 5.18. The monoisotopic (exact) mass is 365 g/mol. The fourth-order valence-corrected chi connectivity index (χ4v) is 5.56. The minimum absolute atomic E-state index is 0.109. The van der Waals surface area contributed by atoms with Gasteiger partial charge in [-0.25, -0.2) is 0 Å². The highest BCUT2D eigenvalue weighted by molar-refractivity contribution is 7.86. The van der Waals surface area contributed by atoms with Crippen LogP contribution in [0.15, 0.2) is 24.3 Å². The van der Waals surface area contributed by atoms with E-state index < -0.39 is 10.2 Å². The third-order valence-electron chi connectivity index (χ3n) is 5.32. The summed E-state index contributed by atoms with van der Waals surface area (Å²) in [5, 5.41) is 2.93. The van der Waals surface area contributed by atoms with Crippen LogP contribution >= 0.6 is 0 Å². The van der Waals surface area contributed by atoms with Crippen molar-refractivity contribution in [1.82, 2.24) is 13.9 Å². The van der Waals surface area contributed by atoms with Crippen molar-refractivity contribution in [1.29, 1.82) is 0 Å². The fraction of sp³-hybridized carbons (Fsp3) is 0.611. The van der Waals surface area contributed by atoms with Gasteiger partial charge < -0.3 is 5.32 Å². The Hall–Kier alpha value is -1.44. The van der Waals surface area contributed by atoms with Crippen LogP contribution < -0.4 is 5.32 Å². The molecule has 1 aromatic rings. The number of amides is 1. The molecule has 2 aliphatic rings. The van der Waals surface area contributed by atoms with E-state index in [0.717, 1.165) is 12.0 Å². The van der Waals surface area contributed by atoms with Crippen molar-refractivity contribution in [3.05, 3.63) is 35.4 Å². The first-order valence-corrected chi connectivity index (χ1v) is 10.3. The number of nitrogens with zero attached hydrogens (tertiary/aromatic N) is 2. The van der Waals surface area contributed by atoms with E-state index in [1.54, 1.807) is 8.61 Å². The molecule has 0 aliphatic carbocycles. The molecule has 1 saturated heterocycles. The Morgan fingerprint density at radius 3 is 2.48 bits per heavy atom. The lowest BCUT2D eigenvalue weighted by Crippen LogP contribution is -2.46. The zero-order valence-corrected chi connectivity index (χ0v) is 15.9. The first-order chi connectivity index (χ1) is 11.8. The number of nitrogens with one attached hydrogen (secondary N) is 1. The van der Waals surface area contributed by atoms with Gasteiger partial charge in [0.15, 0.2) is 0 Å². The molecule has 138 valence electrons. The van der Waals surface area contributed by atoms with Gasteiger partial charge in [0.1, 0.15) is 0 Å². The second kappa shape index (κ2) is 7.05. The van der Waals surface area contributed by atoms with E-state index in [4.69, 9.17) is 0 Å². The van der Waals surface area contributed by atoms with Crippen LogP contribution in [0.2, 0.25) is 0 Å². The molecule has 0 radical (unpaired) electrons. The summed E-state index contributed by atoms with van der Waals surface area (Å²) in [6, 6.07) is 7.89. The average Bonchev–Trinajstić information content (AvgIpc) is 2.98. The molecule has 0 spiro atoms. The molecule has 2 heterocycles. The van der Waals surface area contributed by atoms with Gasteiger partial charge in [0.05, 0.1) is 0 Å². The number of rotatable bonds is 4.